The molecule has 0 rings (SSSR count). The molecule has 0 saturated carbocycles. The normalized spacial score (nSPS) is 11.8. The van der Waals surface area contributed by atoms with Crippen LogP contribution in [0.5, 0.6) is 0 Å². The van der Waals surface area contributed by atoms with Gasteiger partial charge in [0.05, 0.1) is 6.10 Å². The van der Waals surface area contributed by atoms with Crippen LogP contribution in [0.2, 0.25) is 0 Å². The summed E-state index contributed by atoms with van der Waals surface area (Å²) in [4.78, 5) is 14.8. The van der Waals surface area contributed by atoms with E-state index in [1.54, 1.807) is 13.8 Å². The molecule has 5 N–H and O–H groups in total. The molecule has 0 bridgehead atoms. The van der Waals surface area contributed by atoms with Gasteiger partial charge in [0.2, 0.25) is 6.29 Å². The van der Waals surface area contributed by atoms with Crippen molar-refractivity contribution in [2.24, 2.45) is 11.7 Å². The molecule has 0 spiro atoms. The Morgan fingerprint density at radius 2 is 1.72 bits per heavy atom. The van der Waals surface area contributed by atoms with E-state index in [0.717, 1.165) is 13.1 Å². The summed E-state index contributed by atoms with van der Waals surface area (Å²) in [6, 6.07) is 0. The fourth-order valence-electron chi connectivity index (χ4n) is 0.790. The highest BCUT2D eigenvalue weighted by Gasteiger charge is 2.10. The number of carbonyl (C=O) groups excluding carboxylic acids is 1. The van der Waals surface area contributed by atoms with E-state index in [-0.39, 0.29) is 6.10 Å². The van der Waals surface area contributed by atoms with Crippen LogP contribution in [-0.4, -0.2) is 36.6 Å². The summed E-state index contributed by atoms with van der Waals surface area (Å²) in [5.74, 6) is 9.79. The van der Waals surface area contributed by atoms with E-state index in [1.165, 1.54) is 6.92 Å². The number of ether oxygens (including phenoxy) is 2. The summed E-state index contributed by atoms with van der Waals surface area (Å²) in [7, 11) is 0. The molecule has 0 aromatic heterocycles. The monoisotopic (exact) mass is 266 g/mol. The molecule has 0 fully saturated rings. The summed E-state index contributed by atoms with van der Waals surface area (Å²) in [6.07, 6.45) is -1.76. The Bertz CT molecular complexity index is 195. The predicted octanol–water partition coefficient (Wildman–Crippen LogP) is 0.491. The van der Waals surface area contributed by atoms with E-state index >= 15 is 0 Å². The van der Waals surface area contributed by atoms with Gasteiger partial charge in [0.25, 0.3) is 0 Å². The van der Waals surface area contributed by atoms with Crippen molar-refractivity contribution < 1.29 is 19.1 Å². The number of rotatable bonds is 6. The highest BCUT2D eigenvalue weighted by molar-refractivity contribution is 5.60. The van der Waals surface area contributed by atoms with Gasteiger partial charge in [0.1, 0.15) is 0 Å². The molecule has 0 aromatic rings. The summed E-state index contributed by atoms with van der Waals surface area (Å²) in [6.45, 7) is 10.9. The minimum absolute atomic E-state index is 0.201. The van der Waals surface area contributed by atoms with Crippen LogP contribution in [0.15, 0.2) is 0 Å². The second-order valence-electron chi connectivity index (χ2n) is 3.54. The lowest BCUT2D eigenvalue weighted by Gasteiger charge is -2.14. The van der Waals surface area contributed by atoms with E-state index < -0.39 is 12.4 Å². The van der Waals surface area contributed by atoms with Gasteiger partial charge in [0.15, 0.2) is 0 Å². The Morgan fingerprint density at radius 1 is 1.22 bits per heavy atom. The maximum Gasteiger partial charge on any atom is 0.510 e. The van der Waals surface area contributed by atoms with Crippen molar-refractivity contribution in [1.82, 2.24) is 10.5 Å². The third-order valence-corrected chi connectivity index (χ3v) is 1.73. The average molecular weight is 266 g/mol. The first-order valence-electron chi connectivity index (χ1n) is 5.85. The molecule has 0 heterocycles. The van der Waals surface area contributed by atoms with Crippen molar-refractivity contribution in [3.05, 3.63) is 0 Å². The smallest absolute Gasteiger partial charge is 0.432 e. The molecule has 0 aliphatic rings. The van der Waals surface area contributed by atoms with Crippen molar-refractivity contribution >= 4 is 6.16 Å². The van der Waals surface area contributed by atoms with Crippen LogP contribution in [0.3, 0.4) is 0 Å². The number of hydrazine groups is 2. The second kappa shape index (κ2) is 12.5. The zero-order valence-electron chi connectivity index (χ0n) is 11.8. The van der Waals surface area contributed by atoms with E-state index in [4.69, 9.17) is 11.7 Å². The van der Waals surface area contributed by atoms with Gasteiger partial charge in [-0.1, -0.05) is 13.8 Å². The van der Waals surface area contributed by atoms with E-state index in [0.29, 0.717) is 0 Å². The molecule has 0 radical (unpaired) electrons. The van der Waals surface area contributed by atoms with Crippen LogP contribution in [0.1, 0.15) is 34.6 Å². The zero-order valence-corrected chi connectivity index (χ0v) is 11.8. The SMILES string of the molecule is CC(C)OC(=O)OC(C)ON.CCN(CC)NN. The van der Waals surface area contributed by atoms with Crippen LogP contribution in [0.4, 0.5) is 4.79 Å². The summed E-state index contributed by atoms with van der Waals surface area (Å²) >= 11 is 0. The standard InChI is InChI=1S/C6H13NO4.C4H13N3/c1-4(2)9-6(8)10-5(3)11-7;1-3-7(4-2)6-5/h4-5H,7H2,1-3H3;6H,3-5H2,1-2H3. The van der Waals surface area contributed by atoms with Crippen molar-refractivity contribution in [2.45, 2.75) is 47.0 Å². The van der Waals surface area contributed by atoms with E-state index in [9.17, 15) is 4.79 Å². The molecular weight excluding hydrogens is 240 g/mol. The number of carbonyl (C=O) groups is 1. The number of nitrogens with zero attached hydrogens (tertiary/aromatic N) is 1. The van der Waals surface area contributed by atoms with Crippen molar-refractivity contribution in [1.29, 1.82) is 0 Å². The van der Waals surface area contributed by atoms with Crippen LogP contribution in [0.25, 0.3) is 0 Å². The quantitative estimate of drug-likeness (QED) is 0.275. The Morgan fingerprint density at radius 3 is 1.94 bits per heavy atom. The fourth-order valence-corrected chi connectivity index (χ4v) is 0.790. The van der Waals surface area contributed by atoms with Crippen LogP contribution < -0.4 is 17.3 Å². The Labute approximate surface area is 108 Å². The molecule has 8 nitrogen and oxygen atoms in total. The number of hydrogen-bond donors (Lipinski definition) is 3. The molecule has 0 aliphatic heterocycles. The van der Waals surface area contributed by atoms with Crippen molar-refractivity contribution in [3.63, 3.8) is 0 Å². The topological polar surface area (TPSA) is 112 Å². The minimum Gasteiger partial charge on any atom is -0.432 e. The lowest BCUT2D eigenvalue weighted by Crippen LogP contribution is -2.42. The Balaban J connectivity index is 0. The number of hydrogen-bond acceptors (Lipinski definition) is 8. The third-order valence-electron chi connectivity index (χ3n) is 1.73. The van der Waals surface area contributed by atoms with E-state index in [1.807, 2.05) is 18.9 Å². The number of nitrogens with one attached hydrogen (secondary N) is 1. The maximum atomic E-state index is 10.6. The van der Waals surface area contributed by atoms with Gasteiger partial charge in [-0.3, -0.25) is 10.7 Å². The van der Waals surface area contributed by atoms with Crippen molar-refractivity contribution in [2.75, 3.05) is 13.1 Å². The largest absolute Gasteiger partial charge is 0.510 e. The highest BCUT2D eigenvalue weighted by Crippen LogP contribution is 1.96. The Kier molecular flexibility index (Phi) is 13.5. The fraction of sp³-hybridized carbons (Fsp3) is 0.900. The molecule has 0 aliphatic carbocycles. The summed E-state index contributed by atoms with van der Waals surface area (Å²) < 4.78 is 9.13. The molecule has 1 unspecified atom stereocenters. The third kappa shape index (κ3) is 13.1. The molecule has 18 heavy (non-hydrogen) atoms. The molecule has 8 heteroatoms. The average Bonchev–Trinajstić information content (AvgIpc) is 2.30. The summed E-state index contributed by atoms with van der Waals surface area (Å²) in [5.41, 5.74) is 2.53. The first kappa shape index (κ1) is 19.4. The van der Waals surface area contributed by atoms with Gasteiger partial charge in [-0.15, -0.1) is 0 Å². The molecule has 0 aromatic carbocycles. The first-order valence-corrected chi connectivity index (χ1v) is 5.85. The van der Waals surface area contributed by atoms with Gasteiger partial charge in [-0.25, -0.2) is 15.7 Å². The first-order chi connectivity index (χ1) is 8.40. The van der Waals surface area contributed by atoms with Crippen molar-refractivity contribution in [3.8, 4) is 0 Å². The van der Waals surface area contributed by atoms with Crippen LogP contribution in [0, 0.1) is 0 Å². The van der Waals surface area contributed by atoms with Crippen LogP contribution in [-0.2, 0) is 14.3 Å². The molecule has 0 amide bonds. The predicted molar refractivity (Wildman–Crippen MR) is 67.7 cm³/mol. The lowest BCUT2D eigenvalue weighted by atomic mass is 10.5. The second-order valence-corrected chi connectivity index (χ2v) is 3.54. The maximum absolute atomic E-state index is 10.6. The van der Waals surface area contributed by atoms with E-state index in [2.05, 4.69) is 19.8 Å². The molecule has 110 valence electrons. The number of nitrogens with two attached hydrogens (primary N) is 2. The molecule has 0 saturated heterocycles. The van der Waals surface area contributed by atoms with Gasteiger partial charge in [0, 0.05) is 13.1 Å². The zero-order chi connectivity index (χ0) is 14.6. The highest BCUT2D eigenvalue weighted by atomic mass is 16.8. The molecule has 1 atom stereocenters. The molecular formula is C10H26N4O4. The lowest BCUT2D eigenvalue weighted by molar-refractivity contribution is -0.117. The van der Waals surface area contributed by atoms with Gasteiger partial charge in [-0.05, 0) is 20.8 Å². The van der Waals surface area contributed by atoms with Gasteiger partial charge >= 0.3 is 6.16 Å². The van der Waals surface area contributed by atoms with Gasteiger partial charge < -0.3 is 9.47 Å². The summed E-state index contributed by atoms with van der Waals surface area (Å²) in [5, 5.41) is 1.90. The minimum atomic E-state index is -0.780. The van der Waals surface area contributed by atoms with Crippen LogP contribution >= 0.6 is 0 Å². The van der Waals surface area contributed by atoms with Gasteiger partial charge in [-0.2, -0.15) is 5.53 Å². The Hall–Kier alpha value is -0.930.